The molecule has 0 saturated heterocycles. The van der Waals surface area contributed by atoms with Crippen molar-refractivity contribution in [2.45, 2.75) is 129 Å². The lowest BCUT2D eigenvalue weighted by Gasteiger charge is -2.24. The van der Waals surface area contributed by atoms with Crippen LogP contribution in [0.1, 0.15) is 123 Å². The first-order valence-electron chi connectivity index (χ1n) is 12.0. The van der Waals surface area contributed by atoms with Gasteiger partial charge in [-0.3, -0.25) is 4.90 Å². The van der Waals surface area contributed by atoms with Crippen LogP contribution in [0.15, 0.2) is 12.2 Å². The largest absolute Gasteiger partial charge is 0.443 e. The van der Waals surface area contributed by atoms with E-state index in [2.05, 4.69) is 13.5 Å². The zero-order valence-electron chi connectivity index (χ0n) is 20.0. The van der Waals surface area contributed by atoms with Crippen LogP contribution in [-0.2, 0) is 9.53 Å². The monoisotopic (exact) mass is 475 g/mol. The zero-order valence-corrected chi connectivity index (χ0v) is 21.7. The maximum atomic E-state index is 11.7. The summed E-state index contributed by atoms with van der Waals surface area (Å²) in [4.78, 5) is 13.7. The fraction of sp³-hybridized carbons (Fsp3) is 0.880. The molecule has 174 valence electrons. The molecular formula is C25H50BrNO2. The van der Waals surface area contributed by atoms with Crippen molar-refractivity contribution in [1.29, 1.82) is 0 Å². The van der Waals surface area contributed by atoms with E-state index < -0.39 is 0 Å². The van der Waals surface area contributed by atoms with Crippen LogP contribution in [0.5, 0.6) is 0 Å². The molecule has 0 aromatic heterocycles. The van der Waals surface area contributed by atoms with E-state index in [0.717, 1.165) is 12.8 Å². The molecule has 0 heterocycles. The topological polar surface area (TPSA) is 29.5 Å². The SMILES string of the molecule is Br.C=C(C)C(=O)OC(CCCCCCCCCCCCCCCCCC)N(C)C. The van der Waals surface area contributed by atoms with Crippen molar-refractivity contribution in [3.8, 4) is 0 Å². The van der Waals surface area contributed by atoms with E-state index in [9.17, 15) is 4.79 Å². The second-order valence-corrected chi connectivity index (χ2v) is 8.70. The van der Waals surface area contributed by atoms with Crippen LogP contribution in [-0.4, -0.2) is 31.2 Å². The third kappa shape index (κ3) is 20.7. The Kier molecular flexibility index (Phi) is 23.8. The fourth-order valence-electron chi connectivity index (χ4n) is 3.51. The molecule has 29 heavy (non-hydrogen) atoms. The fourth-order valence-corrected chi connectivity index (χ4v) is 3.51. The summed E-state index contributed by atoms with van der Waals surface area (Å²) in [6, 6.07) is 0. The highest BCUT2D eigenvalue weighted by atomic mass is 79.9. The Morgan fingerprint density at radius 2 is 1.10 bits per heavy atom. The first-order chi connectivity index (χ1) is 13.5. The van der Waals surface area contributed by atoms with Crippen LogP contribution in [0.2, 0.25) is 0 Å². The van der Waals surface area contributed by atoms with Crippen LogP contribution in [0, 0.1) is 0 Å². The third-order valence-electron chi connectivity index (χ3n) is 5.47. The van der Waals surface area contributed by atoms with Crippen LogP contribution < -0.4 is 0 Å². The molecule has 0 aromatic carbocycles. The number of nitrogens with zero attached hydrogens (tertiary/aromatic N) is 1. The second kappa shape index (κ2) is 22.3. The quantitative estimate of drug-likeness (QED) is 0.0767. The van der Waals surface area contributed by atoms with Crippen LogP contribution in [0.4, 0.5) is 0 Å². The van der Waals surface area contributed by atoms with Crippen molar-refractivity contribution < 1.29 is 9.53 Å². The maximum Gasteiger partial charge on any atom is 0.334 e. The minimum Gasteiger partial charge on any atom is -0.443 e. The molecule has 0 aliphatic carbocycles. The van der Waals surface area contributed by atoms with Gasteiger partial charge in [-0.2, -0.15) is 0 Å². The molecule has 0 N–H and O–H groups in total. The van der Waals surface area contributed by atoms with E-state index in [1.54, 1.807) is 6.92 Å². The number of carbonyl (C=O) groups is 1. The Bertz CT molecular complexity index is 385. The smallest absolute Gasteiger partial charge is 0.334 e. The molecule has 0 aliphatic rings. The van der Waals surface area contributed by atoms with Crippen LogP contribution >= 0.6 is 17.0 Å². The van der Waals surface area contributed by atoms with Gasteiger partial charge in [0.25, 0.3) is 0 Å². The lowest BCUT2D eigenvalue weighted by Crippen LogP contribution is -2.33. The molecule has 0 radical (unpaired) electrons. The predicted octanol–water partition coefficient (Wildman–Crippen LogP) is 8.22. The number of carbonyl (C=O) groups excluding carboxylic acids is 1. The Labute approximate surface area is 192 Å². The third-order valence-corrected chi connectivity index (χ3v) is 5.47. The van der Waals surface area contributed by atoms with Gasteiger partial charge in [0.15, 0.2) is 6.23 Å². The number of hydrogen-bond acceptors (Lipinski definition) is 3. The van der Waals surface area contributed by atoms with E-state index in [0.29, 0.717) is 5.57 Å². The second-order valence-electron chi connectivity index (χ2n) is 8.70. The first kappa shape index (κ1) is 30.8. The van der Waals surface area contributed by atoms with E-state index >= 15 is 0 Å². The van der Waals surface area contributed by atoms with Crippen molar-refractivity contribution in [2.75, 3.05) is 14.1 Å². The molecule has 0 saturated carbocycles. The lowest BCUT2D eigenvalue weighted by molar-refractivity contribution is -0.152. The maximum absolute atomic E-state index is 11.7. The van der Waals surface area contributed by atoms with Crippen molar-refractivity contribution in [1.82, 2.24) is 4.90 Å². The Hall–Kier alpha value is -0.350. The molecule has 0 aliphatic heterocycles. The number of halogens is 1. The molecule has 0 fully saturated rings. The van der Waals surface area contributed by atoms with E-state index in [1.807, 2.05) is 19.0 Å². The number of esters is 1. The van der Waals surface area contributed by atoms with Crippen molar-refractivity contribution in [2.24, 2.45) is 0 Å². The zero-order chi connectivity index (χ0) is 21.0. The molecule has 0 aromatic rings. The summed E-state index contributed by atoms with van der Waals surface area (Å²) < 4.78 is 5.49. The summed E-state index contributed by atoms with van der Waals surface area (Å²) in [5.41, 5.74) is 0.471. The first-order valence-corrected chi connectivity index (χ1v) is 12.0. The van der Waals surface area contributed by atoms with Crippen molar-refractivity contribution >= 4 is 23.0 Å². The molecule has 3 nitrogen and oxygen atoms in total. The van der Waals surface area contributed by atoms with E-state index in [4.69, 9.17) is 4.74 Å². The molecule has 1 unspecified atom stereocenters. The predicted molar refractivity (Wildman–Crippen MR) is 133 cm³/mol. The molecule has 1 atom stereocenters. The summed E-state index contributed by atoms with van der Waals surface area (Å²) in [5.74, 6) is -0.282. The highest BCUT2D eigenvalue weighted by Crippen LogP contribution is 2.15. The molecule has 0 bridgehead atoms. The van der Waals surface area contributed by atoms with Gasteiger partial charge in [0.05, 0.1) is 0 Å². The van der Waals surface area contributed by atoms with Gasteiger partial charge in [-0.05, 0) is 33.9 Å². The number of unbranched alkanes of at least 4 members (excludes halogenated alkanes) is 15. The van der Waals surface area contributed by atoms with Gasteiger partial charge in [0.2, 0.25) is 0 Å². The Balaban J connectivity index is 0. The summed E-state index contributed by atoms with van der Waals surface area (Å²) in [7, 11) is 3.92. The van der Waals surface area contributed by atoms with Gasteiger partial charge < -0.3 is 4.74 Å². The lowest BCUT2D eigenvalue weighted by atomic mass is 10.0. The van der Waals surface area contributed by atoms with Crippen molar-refractivity contribution in [3.05, 3.63) is 12.2 Å². The summed E-state index contributed by atoms with van der Waals surface area (Å²) in [6.07, 6.45) is 22.8. The average Bonchev–Trinajstić information content (AvgIpc) is 2.66. The van der Waals surface area contributed by atoms with Gasteiger partial charge in [0.1, 0.15) is 0 Å². The van der Waals surface area contributed by atoms with E-state index in [-0.39, 0.29) is 29.2 Å². The standard InChI is InChI=1S/C25H49NO2.BrH/c1-6-7-8-9-10-11-12-13-14-15-16-17-18-19-20-21-22-24(26(4)5)28-25(27)23(2)3;/h24H,2,6-22H2,1,3-5H3;1H. The summed E-state index contributed by atoms with van der Waals surface area (Å²) in [5, 5.41) is 0. The Morgan fingerprint density at radius 3 is 1.41 bits per heavy atom. The molecule has 0 spiro atoms. The summed E-state index contributed by atoms with van der Waals surface area (Å²) >= 11 is 0. The molecule has 0 amide bonds. The minimum absolute atomic E-state index is 0. The molecule has 0 rings (SSSR count). The van der Waals surface area contributed by atoms with Gasteiger partial charge >= 0.3 is 5.97 Å². The normalized spacial score (nSPS) is 11.9. The minimum atomic E-state index is -0.282. The van der Waals surface area contributed by atoms with Crippen LogP contribution in [0.25, 0.3) is 0 Å². The highest BCUT2D eigenvalue weighted by Gasteiger charge is 2.16. The Morgan fingerprint density at radius 1 is 0.759 bits per heavy atom. The number of rotatable bonds is 20. The van der Waals surface area contributed by atoms with Crippen molar-refractivity contribution in [3.63, 3.8) is 0 Å². The number of hydrogen-bond donors (Lipinski definition) is 0. The number of ether oxygens (including phenoxy) is 1. The average molecular weight is 477 g/mol. The highest BCUT2D eigenvalue weighted by molar-refractivity contribution is 8.93. The van der Waals surface area contributed by atoms with Gasteiger partial charge in [-0.25, -0.2) is 4.79 Å². The molecule has 4 heteroatoms. The van der Waals surface area contributed by atoms with Gasteiger partial charge in [-0.1, -0.05) is 110 Å². The molecular weight excluding hydrogens is 426 g/mol. The van der Waals surface area contributed by atoms with E-state index in [1.165, 1.54) is 96.3 Å². The van der Waals surface area contributed by atoms with Crippen LogP contribution in [0.3, 0.4) is 0 Å². The van der Waals surface area contributed by atoms with Gasteiger partial charge in [0, 0.05) is 5.57 Å². The summed E-state index contributed by atoms with van der Waals surface area (Å²) in [6.45, 7) is 7.63. The van der Waals surface area contributed by atoms with Gasteiger partial charge in [-0.15, -0.1) is 17.0 Å².